The lowest BCUT2D eigenvalue weighted by Gasteiger charge is -2.51. The van der Waals surface area contributed by atoms with E-state index in [0.717, 1.165) is 25.9 Å². The van der Waals surface area contributed by atoms with Crippen LogP contribution in [0.5, 0.6) is 0 Å². The molecular weight excluding hydrogens is 273 g/mol. The Morgan fingerprint density at radius 2 is 1.81 bits per heavy atom. The molecule has 21 heavy (non-hydrogen) atoms. The third-order valence-corrected chi connectivity index (χ3v) is 5.24. The van der Waals surface area contributed by atoms with Gasteiger partial charge < -0.3 is 9.80 Å². The first-order valence-electron chi connectivity index (χ1n) is 7.74. The monoisotopic (exact) mass is 297 g/mol. The van der Waals surface area contributed by atoms with Crippen molar-refractivity contribution < 1.29 is 14.0 Å². The van der Waals surface area contributed by atoms with Gasteiger partial charge in [-0.15, -0.1) is 0 Å². The van der Waals surface area contributed by atoms with E-state index in [9.17, 15) is 14.0 Å². The summed E-state index contributed by atoms with van der Waals surface area (Å²) < 4.78 is 14.1. The first kappa shape index (κ1) is 14.8. The van der Waals surface area contributed by atoms with Crippen LogP contribution >= 0.6 is 0 Å². The molecule has 3 rings (SSSR count). The number of amides is 2. The van der Waals surface area contributed by atoms with Crippen molar-refractivity contribution in [3.63, 3.8) is 0 Å². The number of hydrogen-bond donors (Lipinski definition) is 0. The summed E-state index contributed by atoms with van der Waals surface area (Å²) in [4.78, 5) is 29.3. The Kier molecular flexibility index (Phi) is 3.47. The fourth-order valence-corrected chi connectivity index (χ4v) is 3.64. The zero-order valence-corrected chi connectivity index (χ0v) is 12.9. The topological polar surface area (TPSA) is 43.9 Å². The number of hydrogen-bond acceptors (Lipinski definition) is 3. The quantitative estimate of drug-likeness (QED) is 0.762. The summed E-state index contributed by atoms with van der Waals surface area (Å²) in [7, 11) is 3.52. The molecule has 1 spiro atoms. The molecule has 0 unspecified atom stereocenters. The molecule has 0 aromatic heterocycles. The SMILES string of the molecule is CN(C)C(=O)CN1CCC2(C1)CN(C(=O)C1(F)CCC1)C2. The summed E-state index contributed by atoms with van der Waals surface area (Å²) >= 11 is 0. The van der Waals surface area contributed by atoms with Gasteiger partial charge in [0.25, 0.3) is 5.91 Å². The maximum Gasteiger partial charge on any atom is 0.260 e. The Hall–Kier alpha value is -1.17. The van der Waals surface area contributed by atoms with E-state index in [4.69, 9.17) is 0 Å². The molecule has 2 saturated heterocycles. The molecular formula is C15H24FN3O2. The standard InChI is InChI=1S/C15H24FN3O2/c1-17(2)12(20)8-18-7-6-14(9-18)10-19(11-14)13(21)15(16)4-3-5-15/h3-11H2,1-2H3. The zero-order chi connectivity index (χ0) is 15.3. The van der Waals surface area contributed by atoms with Crippen LogP contribution in [-0.2, 0) is 9.59 Å². The summed E-state index contributed by atoms with van der Waals surface area (Å²) in [6.45, 7) is 3.49. The molecule has 3 aliphatic rings. The first-order valence-corrected chi connectivity index (χ1v) is 7.74. The van der Waals surface area contributed by atoms with Crippen molar-refractivity contribution in [2.24, 2.45) is 5.41 Å². The van der Waals surface area contributed by atoms with Crippen LogP contribution in [0, 0.1) is 5.41 Å². The zero-order valence-electron chi connectivity index (χ0n) is 12.9. The van der Waals surface area contributed by atoms with Gasteiger partial charge in [-0.05, 0) is 32.2 Å². The number of rotatable bonds is 3. The van der Waals surface area contributed by atoms with Crippen LogP contribution in [0.3, 0.4) is 0 Å². The van der Waals surface area contributed by atoms with Gasteiger partial charge in [-0.2, -0.15) is 0 Å². The third kappa shape index (κ3) is 2.54. The predicted molar refractivity (Wildman–Crippen MR) is 76.5 cm³/mol. The third-order valence-electron chi connectivity index (χ3n) is 5.24. The summed E-state index contributed by atoms with van der Waals surface area (Å²) in [5.74, 6) is -0.196. The van der Waals surface area contributed by atoms with Crippen molar-refractivity contribution in [3.8, 4) is 0 Å². The highest BCUT2D eigenvalue weighted by Gasteiger charge is 2.55. The van der Waals surface area contributed by atoms with Gasteiger partial charge in [-0.1, -0.05) is 0 Å². The lowest BCUT2D eigenvalue weighted by atomic mass is 9.75. The van der Waals surface area contributed by atoms with Crippen molar-refractivity contribution >= 4 is 11.8 Å². The van der Waals surface area contributed by atoms with Gasteiger partial charge in [-0.3, -0.25) is 14.5 Å². The normalized spacial score (nSPS) is 26.3. The number of carbonyl (C=O) groups excluding carboxylic acids is 2. The van der Waals surface area contributed by atoms with Crippen LogP contribution < -0.4 is 0 Å². The molecule has 118 valence electrons. The average molecular weight is 297 g/mol. The van der Waals surface area contributed by atoms with Crippen LogP contribution in [0.1, 0.15) is 25.7 Å². The maximum absolute atomic E-state index is 14.1. The molecule has 5 nitrogen and oxygen atoms in total. The molecule has 6 heteroatoms. The van der Waals surface area contributed by atoms with Crippen molar-refractivity contribution in [1.29, 1.82) is 0 Å². The minimum atomic E-state index is -1.57. The number of halogens is 1. The highest BCUT2D eigenvalue weighted by atomic mass is 19.1. The van der Waals surface area contributed by atoms with Crippen molar-refractivity contribution in [2.45, 2.75) is 31.4 Å². The molecule has 0 N–H and O–H groups in total. The van der Waals surface area contributed by atoms with Crippen molar-refractivity contribution in [2.75, 3.05) is 46.8 Å². The summed E-state index contributed by atoms with van der Waals surface area (Å²) in [5.41, 5.74) is -1.47. The highest BCUT2D eigenvalue weighted by Crippen LogP contribution is 2.44. The Bertz CT molecular complexity index is 456. The second-order valence-corrected chi connectivity index (χ2v) is 7.23. The Morgan fingerprint density at radius 1 is 1.14 bits per heavy atom. The van der Waals surface area contributed by atoms with Crippen LogP contribution in [0.2, 0.25) is 0 Å². The van der Waals surface area contributed by atoms with Crippen LogP contribution in [0.4, 0.5) is 4.39 Å². The fourth-order valence-electron chi connectivity index (χ4n) is 3.64. The predicted octanol–water partition coefficient (Wildman–Crippen LogP) is 0.501. The van der Waals surface area contributed by atoms with E-state index in [0.29, 0.717) is 32.5 Å². The molecule has 1 saturated carbocycles. The summed E-state index contributed by atoms with van der Waals surface area (Å²) in [5, 5.41) is 0. The molecule has 0 atom stereocenters. The van der Waals surface area contributed by atoms with E-state index in [1.165, 1.54) is 0 Å². The van der Waals surface area contributed by atoms with Gasteiger partial charge in [0.05, 0.1) is 6.54 Å². The minimum absolute atomic E-state index is 0.0996. The summed E-state index contributed by atoms with van der Waals surface area (Å²) in [6.07, 6.45) is 2.59. The number of carbonyl (C=O) groups is 2. The lowest BCUT2D eigenvalue weighted by Crippen LogP contribution is -2.64. The molecule has 0 aromatic carbocycles. The second-order valence-electron chi connectivity index (χ2n) is 7.23. The van der Waals surface area contributed by atoms with Crippen LogP contribution in [0.15, 0.2) is 0 Å². The van der Waals surface area contributed by atoms with E-state index in [1.54, 1.807) is 23.9 Å². The van der Waals surface area contributed by atoms with Gasteiger partial charge in [-0.25, -0.2) is 4.39 Å². The molecule has 0 radical (unpaired) electrons. The molecule has 2 aliphatic heterocycles. The minimum Gasteiger partial charge on any atom is -0.348 e. The maximum atomic E-state index is 14.1. The van der Waals surface area contributed by atoms with E-state index in [1.807, 2.05) is 0 Å². The number of likely N-dealkylation sites (tertiary alicyclic amines) is 2. The van der Waals surface area contributed by atoms with Gasteiger partial charge in [0.1, 0.15) is 0 Å². The van der Waals surface area contributed by atoms with Crippen LogP contribution in [0.25, 0.3) is 0 Å². The van der Waals surface area contributed by atoms with E-state index in [2.05, 4.69) is 4.90 Å². The van der Waals surface area contributed by atoms with E-state index >= 15 is 0 Å². The number of alkyl halides is 1. The number of nitrogens with zero attached hydrogens (tertiary/aromatic N) is 3. The van der Waals surface area contributed by atoms with Gasteiger partial charge in [0.15, 0.2) is 5.67 Å². The molecule has 0 bridgehead atoms. The summed E-state index contributed by atoms with van der Waals surface area (Å²) in [6, 6.07) is 0. The molecule has 1 aliphatic carbocycles. The van der Waals surface area contributed by atoms with Gasteiger partial charge >= 0.3 is 0 Å². The van der Waals surface area contributed by atoms with Crippen LogP contribution in [-0.4, -0.2) is 79.0 Å². The fraction of sp³-hybridized carbons (Fsp3) is 0.867. The second kappa shape index (κ2) is 4.93. The Morgan fingerprint density at radius 3 is 2.33 bits per heavy atom. The largest absolute Gasteiger partial charge is 0.348 e. The van der Waals surface area contributed by atoms with Gasteiger partial charge in [0, 0.05) is 39.1 Å². The Labute approximate surface area is 125 Å². The smallest absolute Gasteiger partial charge is 0.260 e. The number of likely N-dealkylation sites (N-methyl/N-ethyl adjacent to an activating group) is 1. The molecule has 3 fully saturated rings. The molecule has 2 amide bonds. The molecule has 0 aromatic rings. The van der Waals surface area contributed by atoms with Crippen molar-refractivity contribution in [3.05, 3.63) is 0 Å². The molecule has 2 heterocycles. The van der Waals surface area contributed by atoms with E-state index in [-0.39, 0.29) is 17.2 Å². The van der Waals surface area contributed by atoms with Gasteiger partial charge in [0.2, 0.25) is 5.91 Å². The van der Waals surface area contributed by atoms with E-state index < -0.39 is 5.67 Å². The first-order chi connectivity index (χ1) is 9.84. The van der Waals surface area contributed by atoms with Crippen molar-refractivity contribution in [1.82, 2.24) is 14.7 Å². The average Bonchev–Trinajstić information content (AvgIpc) is 2.77. The lowest BCUT2D eigenvalue weighted by molar-refractivity contribution is -0.162. The highest BCUT2D eigenvalue weighted by molar-refractivity contribution is 5.87. The Balaban J connectivity index is 1.49.